The molecule has 2 saturated carbocycles. The Balaban J connectivity index is 1.45. The fourth-order valence-corrected chi connectivity index (χ4v) is 6.60. The topological polar surface area (TPSA) is 97.5 Å². The highest BCUT2D eigenvalue weighted by Crippen LogP contribution is 2.36. The summed E-state index contributed by atoms with van der Waals surface area (Å²) in [5, 5.41) is 4.33. The predicted molar refractivity (Wildman–Crippen MR) is 164 cm³/mol. The van der Waals surface area contributed by atoms with Gasteiger partial charge in [0.1, 0.15) is 6.10 Å². The van der Waals surface area contributed by atoms with Gasteiger partial charge in [-0.25, -0.2) is 0 Å². The van der Waals surface area contributed by atoms with Crippen LogP contribution in [0.15, 0.2) is 59.4 Å². The van der Waals surface area contributed by atoms with Crippen molar-refractivity contribution in [1.29, 1.82) is 0 Å². The molecule has 1 aromatic heterocycles. The summed E-state index contributed by atoms with van der Waals surface area (Å²) in [7, 11) is 0. The van der Waals surface area contributed by atoms with Crippen LogP contribution in [0.5, 0.6) is 5.75 Å². The number of benzene rings is 2. The number of hydrogen-bond donors (Lipinski definition) is 2. The third-order valence-electron chi connectivity index (χ3n) is 9.00. The summed E-state index contributed by atoms with van der Waals surface area (Å²) in [6.07, 6.45) is 11.1. The minimum absolute atomic E-state index is 0.0982. The van der Waals surface area contributed by atoms with Crippen LogP contribution in [0.1, 0.15) is 101 Å². The van der Waals surface area contributed by atoms with Crippen molar-refractivity contribution in [3.8, 4) is 5.75 Å². The molecule has 0 aliphatic heterocycles. The molecule has 0 spiro atoms. The summed E-state index contributed by atoms with van der Waals surface area (Å²) in [5.74, 6) is 0.131. The van der Waals surface area contributed by atoms with E-state index in [1.807, 2.05) is 24.3 Å². The first-order chi connectivity index (χ1) is 20.5. The molecule has 0 saturated heterocycles. The van der Waals surface area contributed by atoms with Crippen molar-refractivity contribution in [1.82, 2.24) is 10.3 Å². The van der Waals surface area contributed by atoms with Crippen LogP contribution in [0.3, 0.4) is 0 Å². The number of carbonyl (C=O) groups is 2. The molecule has 0 bridgehead atoms. The molecule has 2 fully saturated rings. The Morgan fingerprint density at radius 2 is 1.62 bits per heavy atom. The van der Waals surface area contributed by atoms with Gasteiger partial charge in [0.15, 0.2) is 5.75 Å². The normalized spacial score (nSPS) is 17.9. The second-order valence-corrected chi connectivity index (χ2v) is 12.0. The van der Waals surface area contributed by atoms with E-state index in [2.05, 4.69) is 29.4 Å². The number of rotatable bonds is 11. The van der Waals surface area contributed by atoms with Gasteiger partial charge in [-0.05, 0) is 55.7 Å². The molecule has 2 aliphatic carbocycles. The number of pyridine rings is 1. The van der Waals surface area contributed by atoms with Gasteiger partial charge < -0.3 is 19.8 Å². The number of aromatic amines is 1. The third-order valence-corrected chi connectivity index (χ3v) is 9.00. The summed E-state index contributed by atoms with van der Waals surface area (Å²) in [4.78, 5) is 41.8. The fourth-order valence-electron chi connectivity index (χ4n) is 6.60. The van der Waals surface area contributed by atoms with Crippen LogP contribution in [-0.2, 0) is 20.9 Å². The molecule has 2 aliphatic rings. The molecule has 3 aromatic rings. The highest BCUT2D eigenvalue weighted by molar-refractivity contribution is 5.90. The molecule has 5 rings (SSSR count). The molecule has 7 nitrogen and oxygen atoms in total. The molecule has 2 atom stereocenters. The molecule has 7 heteroatoms. The van der Waals surface area contributed by atoms with Gasteiger partial charge in [0, 0.05) is 36.0 Å². The molecule has 2 unspecified atom stereocenters. The van der Waals surface area contributed by atoms with Gasteiger partial charge in [-0.1, -0.05) is 81.8 Å². The van der Waals surface area contributed by atoms with Crippen LogP contribution < -0.4 is 15.6 Å². The lowest BCUT2D eigenvalue weighted by Gasteiger charge is -2.31. The maximum Gasteiger partial charge on any atom is 0.311 e. The van der Waals surface area contributed by atoms with Gasteiger partial charge in [-0.3, -0.25) is 14.4 Å². The average Bonchev–Trinajstić information content (AvgIpc) is 3.02. The monoisotopic (exact) mass is 572 g/mol. The fraction of sp³-hybridized carbons (Fsp3) is 0.514. The lowest BCUT2D eigenvalue weighted by atomic mass is 9.87. The molecule has 224 valence electrons. The van der Waals surface area contributed by atoms with Crippen molar-refractivity contribution in [3.63, 3.8) is 0 Å². The molecular formula is C35H44N2O5. The summed E-state index contributed by atoms with van der Waals surface area (Å²) >= 11 is 0. The number of H-pyrrole nitrogens is 1. The Hall–Kier alpha value is -3.45. The average molecular weight is 573 g/mol. The maximum absolute atomic E-state index is 13.5. The highest BCUT2D eigenvalue weighted by atomic mass is 16.5. The predicted octanol–water partition coefficient (Wildman–Crippen LogP) is 7.14. The zero-order valence-electron chi connectivity index (χ0n) is 24.7. The van der Waals surface area contributed by atoms with Gasteiger partial charge in [0.2, 0.25) is 5.56 Å². The summed E-state index contributed by atoms with van der Waals surface area (Å²) in [6.45, 7) is 2.71. The maximum atomic E-state index is 13.5. The molecule has 42 heavy (non-hydrogen) atoms. The van der Waals surface area contributed by atoms with E-state index in [0.29, 0.717) is 35.5 Å². The van der Waals surface area contributed by atoms with E-state index in [-0.39, 0.29) is 29.5 Å². The summed E-state index contributed by atoms with van der Waals surface area (Å²) in [6, 6.07) is 16.8. The minimum Gasteiger partial charge on any atom is -0.456 e. The van der Waals surface area contributed by atoms with Crippen LogP contribution >= 0.6 is 0 Å². The quantitative estimate of drug-likeness (QED) is 0.187. The molecule has 0 amide bonds. The number of nitrogens with one attached hydrogen (secondary N) is 2. The second-order valence-electron chi connectivity index (χ2n) is 12.0. The molecule has 2 N–H and O–H groups in total. The lowest BCUT2D eigenvalue weighted by Crippen LogP contribution is -2.37. The van der Waals surface area contributed by atoms with E-state index >= 15 is 0 Å². The van der Waals surface area contributed by atoms with Gasteiger partial charge in [-0.2, -0.15) is 0 Å². The van der Waals surface area contributed by atoms with E-state index in [4.69, 9.17) is 9.47 Å². The molecule has 2 aromatic carbocycles. The Morgan fingerprint density at radius 3 is 2.33 bits per heavy atom. The largest absolute Gasteiger partial charge is 0.456 e. The van der Waals surface area contributed by atoms with Crippen LogP contribution in [0, 0.1) is 11.8 Å². The van der Waals surface area contributed by atoms with Crippen molar-refractivity contribution < 1.29 is 19.1 Å². The Kier molecular flexibility index (Phi) is 10.5. The van der Waals surface area contributed by atoms with Crippen LogP contribution in [0.4, 0.5) is 0 Å². The van der Waals surface area contributed by atoms with Gasteiger partial charge in [0.05, 0.1) is 11.4 Å². The highest BCUT2D eigenvalue weighted by Gasteiger charge is 2.32. The smallest absolute Gasteiger partial charge is 0.311 e. The third kappa shape index (κ3) is 7.68. The number of aromatic nitrogens is 1. The van der Waals surface area contributed by atoms with Crippen molar-refractivity contribution in [2.75, 3.05) is 0 Å². The van der Waals surface area contributed by atoms with Crippen molar-refractivity contribution in [2.45, 2.75) is 103 Å². The summed E-state index contributed by atoms with van der Waals surface area (Å²) in [5.41, 5.74) is 2.09. The number of fused-ring (bicyclic) bond motifs is 1. The summed E-state index contributed by atoms with van der Waals surface area (Å²) < 4.78 is 12.2. The first-order valence-corrected chi connectivity index (χ1v) is 15.9. The standard InChI is InChI=1S/C35H44N2O5/c1-2-29(36-23-25-14-8-4-9-15-25)34(42-35(40)26-16-10-5-11-17-26)28-18-20-30(33-27(28)19-21-31(38)37-33)41-32(39)22-24-12-6-3-7-13-24/h4,8-9,14-15,18-21,24,26,29,34,36H,2-3,5-7,10-13,16-17,22-23H2,1H3,(H,37,38). The molecule has 1 heterocycles. The SMILES string of the molecule is CCC(NCc1ccccc1)C(OC(=O)C1CCCCC1)c1ccc(OC(=O)CC2CCCCC2)c2[nH]c(=O)ccc12. The number of carbonyl (C=O) groups excluding carboxylic acids is 2. The van der Waals surface area contributed by atoms with E-state index < -0.39 is 6.10 Å². The van der Waals surface area contributed by atoms with Crippen molar-refractivity contribution >= 4 is 22.8 Å². The van der Waals surface area contributed by atoms with E-state index in [1.165, 1.54) is 12.5 Å². The first kappa shape index (κ1) is 30.0. The molecule has 0 radical (unpaired) electrons. The van der Waals surface area contributed by atoms with Gasteiger partial charge in [0.25, 0.3) is 0 Å². The van der Waals surface area contributed by atoms with E-state index in [9.17, 15) is 14.4 Å². The van der Waals surface area contributed by atoms with Gasteiger partial charge in [-0.15, -0.1) is 0 Å². The van der Waals surface area contributed by atoms with Crippen molar-refractivity contribution in [3.05, 3.63) is 76.1 Å². The minimum atomic E-state index is -0.589. The Morgan fingerprint density at radius 1 is 0.905 bits per heavy atom. The lowest BCUT2D eigenvalue weighted by molar-refractivity contribution is -0.157. The second kappa shape index (κ2) is 14.6. The zero-order valence-corrected chi connectivity index (χ0v) is 24.7. The van der Waals surface area contributed by atoms with E-state index in [0.717, 1.165) is 75.3 Å². The van der Waals surface area contributed by atoms with Gasteiger partial charge >= 0.3 is 11.9 Å². The van der Waals surface area contributed by atoms with Crippen LogP contribution in [0.2, 0.25) is 0 Å². The zero-order chi connectivity index (χ0) is 29.3. The number of ether oxygens (including phenoxy) is 2. The van der Waals surface area contributed by atoms with Crippen LogP contribution in [-0.4, -0.2) is 23.0 Å². The van der Waals surface area contributed by atoms with Crippen molar-refractivity contribution in [2.24, 2.45) is 11.8 Å². The first-order valence-electron chi connectivity index (χ1n) is 15.9. The molecular weight excluding hydrogens is 528 g/mol. The van der Waals surface area contributed by atoms with E-state index in [1.54, 1.807) is 12.1 Å². The number of hydrogen-bond acceptors (Lipinski definition) is 6. The Bertz CT molecular complexity index is 1390. The van der Waals surface area contributed by atoms with Crippen LogP contribution in [0.25, 0.3) is 10.9 Å². The number of esters is 2. The Labute approximate surface area is 248 Å².